The molecule has 1 aliphatic heterocycles. The molecule has 0 saturated carbocycles. The molecule has 13 heavy (non-hydrogen) atoms. The van der Waals surface area contributed by atoms with Crippen molar-refractivity contribution in [3.8, 4) is 0 Å². The fourth-order valence-corrected chi connectivity index (χ4v) is 2.11. The van der Waals surface area contributed by atoms with Gasteiger partial charge in [0.05, 0.1) is 0 Å². The zero-order chi connectivity index (χ0) is 9.84. The molecular formula is C10H18ClNO. The Morgan fingerprint density at radius 3 is 2.85 bits per heavy atom. The molecule has 1 aliphatic rings. The number of amides is 1. The number of rotatable bonds is 3. The molecule has 2 nitrogen and oxygen atoms in total. The van der Waals surface area contributed by atoms with E-state index in [0.717, 1.165) is 19.4 Å². The van der Waals surface area contributed by atoms with E-state index in [0.29, 0.717) is 24.3 Å². The minimum absolute atomic E-state index is 0.276. The average molecular weight is 204 g/mol. The Labute approximate surface area is 85.2 Å². The number of nitrogens with zero attached hydrogens (tertiary/aromatic N) is 1. The van der Waals surface area contributed by atoms with Crippen LogP contribution in [-0.2, 0) is 4.79 Å². The summed E-state index contributed by atoms with van der Waals surface area (Å²) in [5.41, 5.74) is 0. The molecular weight excluding hydrogens is 186 g/mol. The lowest BCUT2D eigenvalue weighted by atomic mass is 10.1. The van der Waals surface area contributed by atoms with Crippen molar-refractivity contribution in [3.05, 3.63) is 0 Å². The van der Waals surface area contributed by atoms with Crippen LogP contribution in [0, 0.1) is 5.92 Å². The van der Waals surface area contributed by atoms with E-state index in [-0.39, 0.29) is 5.91 Å². The Bertz CT molecular complexity index is 182. The van der Waals surface area contributed by atoms with Crippen LogP contribution in [0.4, 0.5) is 0 Å². The standard InChI is InChI=1S/C10H18ClNO/c1-8(2)6-10(13)12-5-3-4-9(12)7-11/h8-9H,3-7H2,1-2H3/t9-/m0/s1. The van der Waals surface area contributed by atoms with Crippen molar-refractivity contribution in [2.45, 2.75) is 39.2 Å². The minimum atomic E-state index is 0.276. The van der Waals surface area contributed by atoms with Crippen LogP contribution in [0.2, 0.25) is 0 Å². The SMILES string of the molecule is CC(C)CC(=O)N1CCC[C@H]1CCl. The Morgan fingerprint density at radius 1 is 1.62 bits per heavy atom. The minimum Gasteiger partial charge on any atom is -0.339 e. The highest BCUT2D eigenvalue weighted by atomic mass is 35.5. The Balaban J connectivity index is 2.45. The maximum atomic E-state index is 11.7. The molecule has 1 rings (SSSR count). The molecule has 0 spiro atoms. The summed E-state index contributed by atoms with van der Waals surface area (Å²) in [6, 6.07) is 0.299. The highest BCUT2D eigenvalue weighted by molar-refractivity contribution is 6.18. The summed E-state index contributed by atoms with van der Waals surface area (Å²) in [5, 5.41) is 0. The van der Waals surface area contributed by atoms with Gasteiger partial charge in [0.25, 0.3) is 0 Å². The number of carbonyl (C=O) groups is 1. The molecule has 1 saturated heterocycles. The van der Waals surface area contributed by atoms with Gasteiger partial charge in [0, 0.05) is 24.9 Å². The van der Waals surface area contributed by atoms with Crippen LogP contribution in [0.5, 0.6) is 0 Å². The zero-order valence-corrected chi connectivity index (χ0v) is 9.18. The van der Waals surface area contributed by atoms with E-state index in [1.54, 1.807) is 0 Å². The summed E-state index contributed by atoms with van der Waals surface area (Å²) in [4.78, 5) is 13.6. The van der Waals surface area contributed by atoms with Gasteiger partial charge >= 0.3 is 0 Å². The number of hydrogen-bond acceptors (Lipinski definition) is 1. The molecule has 0 aromatic rings. The number of carbonyl (C=O) groups excluding carboxylic acids is 1. The summed E-state index contributed by atoms with van der Waals surface area (Å²) >= 11 is 5.79. The van der Waals surface area contributed by atoms with Crippen LogP contribution in [0.3, 0.4) is 0 Å². The smallest absolute Gasteiger partial charge is 0.223 e. The maximum Gasteiger partial charge on any atom is 0.223 e. The first kappa shape index (κ1) is 10.8. The Hall–Kier alpha value is -0.240. The Kier molecular flexibility index (Phi) is 4.04. The van der Waals surface area contributed by atoms with Gasteiger partial charge in [-0.2, -0.15) is 0 Å². The number of alkyl halides is 1. The predicted molar refractivity (Wildman–Crippen MR) is 54.9 cm³/mol. The topological polar surface area (TPSA) is 20.3 Å². The van der Waals surface area contributed by atoms with Crippen LogP contribution in [0.15, 0.2) is 0 Å². The second-order valence-electron chi connectivity index (χ2n) is 4.14. The molecule has 0 aliphatic carbocycles. The molecule has 1 amide bonds. The predicted octanol–water partition coefficient (Wildman–Crippen LogP) is 2.26. The lowest BCUT2D eigenvalue weighted by molar-refractivity contribution is -0.132. The quantitative estimate of drug-likeness (QED) is 0.645. The first-order valence-corrected chi connectivity index (χ1v) is 5.54. The highest BCUT2D eigenvalue weighted by Crippen LogP contribution is 2.20. The van der Waals surface area contributed by atoms with Crippen LogP contribution < -0.4 is 0 Å². The lowest BCUT2D eigenvalue weighted by Gasteiger charge is -2.23. The fourth-order valence-electron chi connectivity index (χ4n) is 1.79. The van der Waals surface area contributed by atoms with E-state index in [9.17, 15) is 4.79 Å². The van der Waals surface area contributed by atoms with Crippen LogP contribution in [0.1, 0.15) is 33.1 Å². The van der Waals surface area contributed by atoms with Gasteiger partial charge < -0.3 is 4.90 Å². The fraction of sp³-hybridized carbons (Fsp3) is 0.900. The molecule has 0 aromatic carbocycles. The zero-order valence-electron chi connectivity index (χ0n) is 8.42. The third-order valence-electron chi connectivity index (χ3n) is 2.46. The average Bonchev–Trinajstić information content (AvgIpc) is 2.49. The molecule has 1 fully saturated rings. The highest BCUT2D eigenvalue weighted by Gasteiger charge is 2.27. The third kappa shape index (κ3) is 2.87. The summed E-state index contributed by atoms with van der Waals surface area (Å²) in [6.45, 7) is 5.05. The molecule has 1 atom stereocenters. The van der Waals surface area contributed by atoms with Gasteiger partial charge in [-0.05, 0) is 18.8 Å². The number of halogens is 1. The summed E-state index contributed by atoms with van der Waals surface area (Å²) < 4.78 is 0. The van der Waals surface area contributed by atoms with Crippen molar-refractivity contribution >= 4 is 17.5 Å². The molecule has 0 aromatic heterocycles. The van der Waals surface area contributed by atoms with E-state index in [4.69, 9.17) is 11.6 Å². The summed E-state index contributed by atoms with van der Waals surface area (Å²) in [6.07, 6.45) is 2.85. The van der Waals surface area contributed by atoms with Crippen molar-refractivity contribution in [2.24, 2.45) is 5.92 Å². The molecule has 3 heteroatoms. The van der Waals surface area contributed by atoms with Crippen LogP contribution in [0.25, 0.3) is 0 Å². The lowest BCUT2D eigenvalue weighted by Crippen LogP contribution is -2.37. The van der Waals surface area contributed by atoms with Crippen molar-refractivity contribution in [1.29, 1.82) is 0 Å². The number of hydrogen-bond donors (Lipinski definition) is 0. The van der Waals surface area contributed by atoms with Gasteiger partial charge in [-0.25, -0.2) is 0 Å². The largest absolute Gasteiger partial charge is 0.339 e. The third-order valence-corrected chi connectivity index (χ3v) is 2.81. The van der Waals surface area contributed by atoms with E-state index in [2.05, 4.69) is 13.8 Å². The molecule has 0 unspecified atom stereocenters. The van der Waals surface area contributed by atoms with E-state index < -0.39 is 0 Å². The van der Waals surface area contributed by atoms with Gasteiger partial charge in [0.2, 0.25) is 5.91 Å². The summed E-state index contributed by atoms with van der Waals surface area (Å²) in [5.74, 6) is 1.31. The van der Waals surface area contributed by atoms with Crippen LogP contribution in [-0.4, -0.2) is 29.3 Å². The van der Waals surface area contributed by atoms with Gasteiger partial charge in [-0.3, -0.25) is 4.79 Å². The first-order chi connectivity index (χ1) is 6.15. The Morgan fingerprint density at radius 2 is 2.31 bits per heavy atom. The molecule has 0 radical (unpaired) electrons. The van der Waals surface area contributed by atoms with Crippen molar-refractivity contribution < 1.29 is 4.79 Å². The van der Waals surface area contributed by atoms with Crippen molar-refractivity contribution in [2.75, 3.05) is 12.4 Å². The van der Waals surface area contributed by atoms with E-state index >= 15 is 0 Å². The van der Waals surface area contributed by atoms with Gasteiger partial charge in [0.1, 0.15) is 0 Å². The van der Waals surface area contributed by atoms with Crippen LogP contribution >= 0.6 is 11.6 Å². The van der Waals surface area contributed by atoms with Crippen molar-refractivity contribution in [3.63, 3.8) is 0 Å². The second kappa shape index (κ2) is 4.85. The van der Waals surface area contributed by atoms with Gasteiger partial charge in [0.15, 0.2) is 0 Å². The van der Waals surface area contributed by atoms with E-state index in [1.165, 1.54) is 0 Å². The monoisotopic (exact) mass is 203 g/mol. The normalized spacial score (nSPS) is 22.8. The molecule has 0 N–H and O–H groups in total. The molecule has 1 heterocycles. The first-order valence-electron chi connectivity index (χ1n) is 5.00. The molecule has 0 bridgehead atoms. The number of likely N-dealkylation sites (tertiary alicyclic amines) is 1. The maximum absolute atomic E-state index is 11.7. The second-order valence-corrected chi connectivity index (χ2v) is 4.44. The van der Waals surface area contributed by atoms with Gasteiger partial charge in [-0.15, -0.1) is 11.6 Å². The molecule has 76 valence electrons. The summed E-state index contributed by atoms with van der Waals surface area (Å²) in [7, 11) is 0. The van der Waals surface area contributed by atoms with E-state index in [1.807, 2.05) is 4.90 Å². The van der Waals surface area contributed by atoms with Crippen molar-refractivity contribution in [1.82, 2.24) is 4.90 Å². The van der Waals surface area contributed by atoms with Gasteiger partial charge in [-0.1, -0.05) is 13.8 Å².